The van der Waals surface area contributed by atoms with Crippen molar-refractivity contribution in [3.63, 3.8) is 0 Å². The second kappa shape index (κ2) is 8.69. The van der Waals surface area contributed by atoms with Crippen LogP contribution in [0.2, 0.25) is 5.02 Å². The van der Waals surface area contributed by atoms with Gasteiger partial charge in [-0.25, -0.2) is 8.78 Å². The Morgan fingerprint density at radius 1 is 1.10 bits per heavy atom. The Hall–Kier alpha value is -2.16. The van der Waals surface area contributed by atoms with Crippen LogP contribution < -0.4 is 4.90 Å². The Labute approximate surface area is 176 Å². The summed E-state index contributed by atoms with van der Waals surface area (Å²) in [5.74, 6) is -0.144. The van der Waals surface area contributed by atoms with Gasteiger partial charge in [-0.05, 0) is 42.8 Å². The first-order valence-corrected chi connectivity index (χ1v) is 10.4. The van der Waals surface area contributed by atoms with Crippen molar-refractivity contribution >= 4 is 29.3 Å². The second-order valence-corrected chi connectivity index (χ2v) is 8.35. The first-order chi connectivity index (χ1) is 14.0. The lowest BCUT2D eigenvalue weighted by Crippen LogP contribution is -2.37. The highest BCUT2D eigenvalue weighted by molar-refractivity contribution is 7.99. The van der Waals surface area contributed by atoms with Gasteiger partial charge in [0.2, 0.25) is 5.95 Å². The van der Waals surface area contributed by atoms with E-state index in [2.05, 4.69) is 15.1 Å². The van der Waals surface area contributed by atoms with E-state index in [1.807, 2.05) is 17.6 Å². The molecule has 0 radical (unpaired) electrons. The van der Waals surface area contributed by atoms with Crippen LogP contribution in [0.4, 0.5) is 14.7 Å². The van der Waals surface area contributed by atoms with Crippen LogP contribution in [-0.4, -0.2) is 41.1 Å². The van der Waals surface area contributed by atoms with Crippen LogP contribution in [0, 0.1) is 11.6 Å². The summed E-state index contributed by atoms with van der Waals surface area (Å²) in [6.07, 6.45) is 0. The Kier molecular flexibility index (Phi) is 6.03. The number of ether oxygens (including phenoxy) is 1. The molecule has 152 valence electrons. The molecule has 1 atom stereocenters. The summed E-state index contributed by atoms with van der Waals surface area (Å²) < 4.78 is 34.7. The highest BCUT2D eigenvalue weighted by atomic mass is 35.5. The average Bonchev–Trinajstić information content (AvgIpc) is 3.14. The number of nitrogens with zero attached hydrogens (tertiary/aromatic N) is 4. The third-order valence-corrected chi connectivity index (χ3v) is 6.06. The van der Waals surface area contributed by atoms with Gasteiger partial charge in [0.05, 0.1) is 23.9 Å². The number of hydrogen-bond donors (Lipinski definition) is 0. The van der Waals surface area contributed by atoms with Gasteiger partial charge in [-0.3, -0.25) is 4.57 Å². The van der Waals surface area contributed by atoms with Crippen molar-refractivity contribution in [3.05, 3.63) is 64.7 Å². The Morgan fingerprint density at radius 3 is 2.62 bits per heavy atom. The second-order valence-electron chi connectivity index (χ2n) is 6.63. The quantitative estimate of drug-likeness (QED) is 0.533. The van der Waals surface area contributed by atoms with Gasteiger partial charge in [0.25, 0.3) is 0 Å². The van der Waals surface area contributed by atoms with Crippen LogP contribution in [0.1, 0.15) is 17.7 Å². The number of morpholine rings is 1. The molecule has 1 fully saturated rings. The van der Waals surface area contributed by atoms with Gasteiger partial charge in [0.1, 0.15) is 11.6 Å². The van der Waals surface area contributed by atoms with Gasteiger partial charge in [-0.2, -0.15) is 0 Å². The molecule has 29 heavy (non-hydrogen) atoms. The fraction of sp³-hybridized carbons (Fsp3) is 0.300. The zero-order chi connectivity index (χ0) is 20.4. The highest BCUT2D eigenvalue weighted by Gasteiger charge is 2.23. The fourth-order valence-corrected chi connectivity index (χ4v) is 4.31. The predicted octanol–water partition coefficient (Wildman–Crippen LogP) is 4.89. The lowest BCUT2D eigenvalue weighted by atomic mass is 10.2. The first kappa shape index (κ1) is 20.1. The summed E-state index contributed by atoms with van der Waals surface area (Å²) in [6.45, 7) is 4.54. The van der Waals surface area contributed by atoms with E-state index in [1.165, 1.54) is 30.0 Å². The molecule has 0 amide bonds. The standard InChI is InChI=1S/C20H19ClF2N4OS/c1-13(14-5-6-18(23)17(21)11-14)29-20-25-24-19(26-7-9-28-10-8-26)27(20)16-4-2-3-15(22)12-16/h2-6,11-13H,7-10H2,1H3. The van der Waals surface area contributed by atoms with Crippen LogP contribution in [0.3, 0.4) is 0 Å². The number of aromatic nitrogens is 3. The minimum absolute atomic E-state index is 0.0675. The maximum absolute atomic E-state index is 13.9. The molecule has 3 aromatic rings. The van der Waals surface area contributed by atoms with Crippen molar-refractivity contribution in [3.8, 4) is 5.69 Å². The monoisotopic (exact) mass is 436 g/mol. The topological polar surface area (TPSA) is 43.2 Å². The summed E-state index contributed by atoms with van der Waals surface area (Å²) in [6, 6.07) is 11.0. The lowest BCUT2D eigenvalue weighted by molar-refractivity contribution is 0.122. The van der Waals surface area contributed by atoms with E-state index in [0.29, 0.717) is 43.1 Å². The lowest BCUT2D eigenvalue weighted by Gasteiger charge is -2.28. The molecule has 0 N–H and O–H groups in total. The van der Waals surface area contributed by atoms with Crippen molar-refractivity contribution in [2.75, 3.05) is 31.2 Å². The van der Waals surface area contributed by atoms with Crippen molar-refractivity contribution in [2.24, 2.45) is 0 Å². The van der Waals surface area contributed by atoms with E-state index in [9.17, 15) is 8.78 Å². The van der Waals surface area contributed by atoms with Crippen LogP contribution in [0.25, 0.3) is 5.69 Å². The van der Waals surface area contributed by atoms with Crippen molar-refractivity contribution < 1.29 is 13.5 Å². The summed E-state index contributed by atoms with van der Waals surface area (Å²) in [5.41, 5.74) is 1.51. The summed E-state index contributed by atoms with van der Waals surface area (Å²) >= 11 is 7.38. The van der Waals surface area contributed by atoms with Gasteiger partial charge in [-0.1, -0.05) is 35.5 Å². The smallest absolute Gasteiger partial charge is 0.232 e. The molecule has 0 bridgehead atoms. The minimum atomic E-state index is -0.454. The van der Waals surface area contributed by atoms with E-state index >= 15 is 0 Å². The molecule has 9 heteroatoms. The molecule has 1 aromatic heterocycles. The summed E-state index contributed by atoms with van der Waals surface area (Å²) in [4.78, 5) is 2.07. The van der Waals surface area contributed by atoms with Gasteiger partial charge >= 0.3 is 0 Å². The van der Waals surface area contributed by atoms with Crippen molar-refractivity contribution in [1.82, 2.24) is 14.8 Å². The van der Waals surface area contributed by atoms with Crippen LogP contribution in [0.5, 0.6) is 0 Å². The molecule has 1 unspecified atom stereocenters. The maximum atomic E-state index is 13.9. The van der Waals surface area contributed by atoms with E-state index in [4.69, 9.17) is 16.3 Å². The molecular weight excluding hydrogens is 418 g/mol. The molecule has 0 aliphatic carbocycles. The van der Waals surface area contributed by atoms with Crippen LogP contribution in [-0.2, 0) is 4.74 Å². The summed E-state index contributed by atoms with van der Waals surface area (Å²) in [7, 11) is 0. The maximum Gasteiger partial charge on any atom is 0.232 e. The third-order valence-electron chi connectivity index (χ3n) is 4.67. The van der Waals surface area contributed by atoms with Gasteiger partial charge in [0, 0.05) is 18.3 Å². The van der Waals surface area contributed by atoms with E-state index in [1.54, 1.807) is 18.2 Å². The third kappa shape index (κ3) is 4.39. The van der Waals surface area contributed by atoms with Gasteiger partial charge in [0.15, 0.2) is 5.16 Å². The molecular formula is C20H19ClF2N4OS. The number of thioether (sulfide) groups is 1. The molecule has 1 saturated heterocycles. The van der Waals surface area contributed by atoms with E-state index in [0.717, 1.165) is 5.56 Å². The number of rotatable bonds is 5. The molecule has 5 nitrogen and oxygen atoms in total. The average molecular weight is 437 g/mol. The van der Waals surface area contributed by atoms with Crippen LogP contribution >= 0.6 is 23.4 Å². The molecule has 2 aromatic carbocycles. The van der Waals surface area contributed by atoms with Gasteiger partial charge < -0.3 is 9.64 Å². The zero-order valence-corrected chi connectivity index (χ0v) is 17.3. The molecule has 0 saturated carbocycles. The SMILES string of the molecule is CC(Sc1nnc(N2CCOCC2)n1-c1cccc(F)c1)c1ccc(F)c(Cl)c1. The number of benzene rings is 2. The van der Waals surface area contributed by atoms with Crippen molar-refractivity contribution in [2.45, 2.75) is 17.3 Å². The zero-order valence-electron chi connectivity index (χ0n) is 15.7. The van der Waals surface area contributed by atoms with Crippen molar-refractivity contribution in [1.29, 1.82) is 0 Å². The van der Waals surface area contributed by atoms with E-state index in [-0.39, 0.29) is 16.1 Å². The molecule has 0 spiro atoms. The Bertz CT molecular complexity index is 1010. The first-order valence-electron chi connectivity index (χ1n) is 9.18. The largest absolute Gasteiger partial charge is 0.378 e. The Balaban J connectivity index is 1.70. The fourth-order valence-electron chi connectivity index (χ4n) is 3.14. The highest BCUT2D eigenvalue weighted by Crippen LogP contribution is 2.37. The summed E-state index contributed by atoms with van der Waals surface area (Å²) in [5, 5.41) is 9.37. The Morgan fingerprint density at radius 2 is 1.90 bits per heavy atom. The minimum Gasteiger partial charge on any atom is -0.378 e. The molecule has 2 heterocycles. The number of hydrogen-bond acceptors (Lipinski definition) is 5. The molecule has 4 rings (SSSR count). The van der Waals surface area contributed by atoms with Gasteiger partial charge in [-0.15, -0.1) is 10.2 Å². The predicted molar refractivity (Wildman–Crippen MR) is 110 cm³/mol. The van der Waals surface area contributed by atoms with E-state index < -0.39 is 5.82 Å². The normalized spacial score (nSPS) is 15.5. The number of halogens is 3. The number of anilines is 1. The molecule has 1 aliphatic heterocycles. The molecule has 1 aliphatic rings. The van der Waals surface area contributed by atoms with Crippen LogP contribution in [0.15, 0.2) is 47.6 Å².